The van der Waals surface area contributed by atoms with E-state index in [0.717, 1.165) is 0 Å². The molecule has 0 heterocycles. The van der Waals surface area contributed by atoms with Crippen LogP contribution in [-0.4, -0.2) is 82.2 Å². The maximum atomic E-state index is 10.3. The van der Waals surface area contributed by atoms with E-state index in [0.29, 0.717) is 0 Å². The summed E-state index contributed by atoms with van der Waals surface area (Å²) in [6.45, 7) is 0.301. The van der Waals surface area contributed by atoms with Crippen LogP contribution in [0.4, 0.5) is 0 Å². The van der Waals surface area contributed by atoms with Crippen LogP contribution < -0.4 is 22.9 Å². The summed E-state index contributed by atoms with van der Waals surface area (Å²) in [7, 11) is 0. The predicted molar refractivity (Wildman–Crippen MR) is 79.6 cm³/mol. The van der Waals surface area contributed by atoms with Gasteiger partial charge in [0.15, 0.2) is 0 Å². The molecule has 0 saturated heterocycles. The van der Waals surface area contributed by atoms with Crippen LogP contribution in [0.2, 0.25) is 0 Å². The van der Waals surface area contributed by atoms with Gasteiger partial charge in [0, 0.05) is 0 Å². The molecule has 0 aliphatic heterocycles. The molecule has 0 amide bonds. The number of aliphatic hydroxyl groups excluding tert-OH is 1. The van der Waals surface area contributed by atoms with Gasteiger partial charge < -0.3 is 48.1 Å². The Balaban J connectivity index is -0.000000294. The van der Waals surface area contributed by atoms with Gasteiger partial charge in [0.25, 0.3) is 0 Å². The van der Waals surface area contributed by atoms with Gasteiger partial charge in [-0.25, -0.2) is 0 Å². The number of rotatable bonds is 7. The van der Waals surface area contributed by atoms with Crippen molar-refractivity contribution in [3.63, 3.8) is 0 Å². The van der Waals surface area contributed by atoms with Crippen LogP contribution in [0, 0.1) is 0 Å². The molecule has 0 saturated carbocycles. The van der Waals surface area contributed by atoms with Crippen molar-refractivity contribution < 1.29 is 44.3 Å². The third kappa shape index (κ3) is 19.7. The van der Waals surface area contributed by atoms with E-state index in [1.807, 2.05) is 0 Å². The zero-order valence-electron chi connectivity index (χ0n) is 13.0. The molecule has 13 nitrogen and oxygen atoms in total. The Morgan fingerprint density at radius 3 is 1.46 bits per heavy atom. The van der Waals surface area contributed by atoms with Gasteiger partial charge in [-0.3, -0.25) is 19.2 Å². The minimum Gasteiger partial charge on any atom is -0.480 e. The van der Waals surface area contributed by atoms with E-state index in [4.69, 9.17) is 43.4 Å². The van der Waals surface area contributed by atoms with Gasteiger partial charge >= 0.3 is 23.9 Å². The molecule has 0 rings (SSSR count). The van der Waals surface area contributed by atoms with Gasteiger partial charge in [-0.15, -0.1) is 0 Å². The lowest BCUT2D eigenvalue weighted by molar-refractivity contribution is -0.147. The van der Waals surface area contributed by atoms with E-state index in [9.17, 15) is 19.2 Å². The van der Waals surface area contributed by atoms with E-state index in [2.05, 4.69) is 4.74 Å². The van der Waals surface area contributed by atoms with Crippen molar-refractivity contribution in [2.75, 3.05) is 19.8 Å². The molecule has 0 aromatic rings. The molecule has 0 aliphatic carbocycles. The number of hydrogen-bond donors (Lipinski definition) is 8. The highest BCUT2D eigenvalue weighted by molar-refractivity contribution is 5.75. The van der Waals surface area contributed by atoms with Crippen LogP contribution in [0.3, 0.4) is 0 Å². The fraction of sp³-hybridized carbons (Fsp3) is 0.636. The summed E-state index contributed by atoms with van der Waals surface area (Å²) in [5.41, 5.74) is 19.5. The number of carboxylic acids is 3. The van der Waals surface area contributed by atoms with Crippen LogP contribution in [-0.2, 0) is 23.9 Å². The van der Waals surface area contributed by atoms with Crippen molar-refractivity contribution in [2.24, 2.45) is 22.9 Å². The topological polar surface area (TPSA) is 263 Å². The van der Waals surface area contributed by atoms with E-state index in [1.165, 1.54) is 6.92 Å². The van der Waals surface area contributed by atoms with Crippen molar-refractivity contribution in [1.82, 2.24) is 0 Å². The van der Waals surface area contributed by atoms with Crippen LogP contribution >= 0.6 is 0 Å². The second-order valence-corrected chi connectivity index (χ2v) is 4.09. The predicted octanol–water partition coefficient (Wildman–Crippen LogP) is -4.29. The van der Waals surface area contributed by atoms with Crippen molar-refractivity contribution in [1.29, 1.82) is 0 Å². The molecule has 0 aromatic heterocycles. The number of aliphatic hydroxyl groups is 1. The number of aliphatic carboxylic acids is 3. The maximum Gasteiger partial charge on any atom is 0.324 e. The van der Waals surface area contributed by atoms with Crippen molar-refractivity contribution >= 4 is 23.9 Å². The van der Waals surface area contributed by atoms with E-state index in [1.54, 1.807) is 0 Å². The molecule has 0 unspecified atom stereocenters. The minimum atomic E-state index is -1.21. The molecule has 12 N–H and O–H groups in total. The minimum absolute atomic E-state index is 0.271. The summed E-state index contributed by atoms with van der Waals surface area (Å²) in [5, 5.41) is 32.0. The number of nitrogens with two attached hydrogens (primary N) is 4. The Hall–Kier alpha value is -2.32. The second kappa shape index (κ2) is 15.6. The lowest BCUT2D eigenvalue weighted by Gasteiger charge is -2.05. The van der Waals surface area contributed by atoms with Gasteiger partial charge in [-0.05, 0) is 6.92 Å². The number of carbonyl (C=O) groups excluding carboxylic acids is 1. The summed E-state index contributed by atoms with van der Waals surface area (Å²) in [5.74, 6) is -4.02. The average Bonchev–Trinajstić information content (AvgIpc) is 2.51. The molecule has 0 bridgehead atoms. The third-order valence-corrected chi connectivity index (χ3v) is 1.81. The van der Waals surface area contributed by atoms with Crippen molar-refractivity contribution in [3.8, 4) is 0 Å². The zero-order chi connectivity index (χ0) is 19.9. The van der Waals surface area contributed by atoms with Crippen molar-refractivity contribution in [3.05, 3.63) is 0 Å². The summed E-state index contributed by atoms with van der Waals surface area (Å²) < 4.78 is 4.34. The highest BCUT2D eigenvalue weighted by Gasteiger charge is 2.13. The SMILES string of the molecule is C[C@H](N)C(=O)O.NCC(=O)OC[C@H](N)C(=O)O.N[C@@H](CO)C(=O)O. The molecule has 24 heavy (non-hydrogen) atoms. The number of ether oxygens (including phenoxy) is 1. The standard InChI is InChI=1S/C5H10N2O4.C3H7NO3.C3H7NO2/c6-1-4(8)11-2-3(7)5(9)10;4-2(1-5)3(6)7;1-2(4)3(5)6/h3H,1-2,6-7H2,(H,9,10);2,5H,1,4H2,(H,6,7);2H,4H2,1H3,(H,5,6)/t3-;2*2-/m000/s1. The van der Waals surface area contributed by atoms with Crippen LogP contribution in [0.15, 0.2) is 0 Å². The fourth-order valence-corrected chi connectivity index (χ4v) is 0.391. The van der Waals surface area contributed by atoms with Crippen LogP contribution in [0.25, 0.3) is 0 Å². The molecular weight excluding hydrogens is 332 g/mol. The summed E-state index contributed by atoms with van der Waals surface area (Å²) >= 11 is 0. The van der Waals surface area contributed by atoms with Crippen molar-refractivity contribution in [2.45, 2.75) is 25.0 Å². The number of carbonyl (C=O) groups is 4. The summed E-state index contributed by atoms with van der Waals surface area (Å²) in [6.07, 6.45) is 0. The lowest BCUT2D eigenvalue weighted by Crippen LogP contribution is -2.36. The molecule has 142 valence electrons. The molecule has 0 spiro atoms. The Morgan fingerprint density at radius 2 is 1.29 bits per heavy atom. The molecule has 0 aliphatic rings. The van der Waals surface area contributed by atoms with Gasteiger partial charge in [-0.2, -0.15) is 0 Å². The number of carboxylic acid groups (broad SMARTS) is 3. The van der Waals surface area contributed by atoms with Gasteiger partial charge in [0.2, 0.25) is 0 Å². The molecule has 0 fully saturated rings. The average molecular weight is 356 g/mol. The first-order valence-corrected chi connectivity index (χ1v) is 6.32. The largest absolute Gasteiger partial charge is 0.480 e. The third-order valence-electron chi connectivity index (χ3n) is 1.81. The monoisotopic (exact) mass is 356 g/mol. The number of hydrogen-bond acceptors (Lipinski definition) is 10. The van der Waals surface area contributed by atoms with E-state index < -0.39 is 48.6 Å². The zero-order valence-corrected chi connectivity index (χ0v) is 13.0. The highest BCUT2D eigenvalue weighted by Crippen LogP contribution is 1.82. The smallest absolute Gasteiger partial charge is 0.324 e. The molecule has 3 atom stereocenters. The molecule has 0 aromatic carbocycles. The van der Waals surface area contributed by atoms with E-state index >= 15 is 0 Å². The lowest BCUT2D eigenvalue weighted by atomic mass is 10.3. The first kappa shape index (κ1) is 26.6. The normalized spacial score (nSPS) is 12.9. The second-order valence-electron chi connectivity index (χ2n) is 4.09. The van der Waals surface area contributed by atoms with Crippen LogP contribution in [0.1, 0.15) is 6.92 Å². The Bertz CT molecular complexity index is 403. The highest BCUT2D eigenvalue weighted by atomic mass is 16.5. The Kier molecular flexibility index (Phi) is 17.2. The molecular formula is C11H24N4O9. The summed E-state index contributed by atoms with van der Waals surface area (Å²) in [4.78, 5) is 39.6. The van der Waals surface area contributed by atoms with Gasteiger partial charge in [0.1, 0.15) is 24.7 Å². The Labute approximate surface area is 137 Å². The molecule has 13 heteroatoms. The first-order valence-electron chi connectivity index (χ1n) is 6.32. The number of esters is 1. The Morgan fingerprint density at radius 1 is 0.917 bits per heavy atom. The van der Waals surface area contributed by atoms with Crippen LogP contribution in [0.5, 0.6) is 0 Å². The van der Waals surface area contributed by atoms with E-state index in [-0.39, 0.29) is 13.2 Å². The molecule has 0 radical (unpaired) electrons. The fourth-order valence-electron chi connectivity index (χ4n) is 0.391. The van der Waals surface area contributed by atoms with Gasteiger partial charge in [-0.1, -0.05) is 0 Å². The quantitative estimate of drug-likeness (QED) is 0.201. The first-order chi connectivity index (χ1) is 10.9. The van der Waals surface area contributed by atoms with Gasteiger partial charge in [0.05, 0.1) is 13.2 Å². The summed E-state index contributed by atoms with van der Waals surface area (Å²) in [6, 6.07) is -3.03. The maximum absolute atomic E-state index is 10.3.